The molecule has 0 aliphatic carbocycles. The molecule has 0 aliphatic heterocycles. The predicted octanol–water partition coefficient (Wildman–Crippen LogP) is 3.73. The smallest absolute Gasteiger partial charge is 0.331 e. The molecule has 0 saturated heterocycles. The molecule has 2 aromatic carbocycles. The van der Waals surface area contributed by atoms with Gasteiger partial charge in [-0.1, -0.05) is 26.0 Å². The Bertz CT molecular complexity index is 852. The molecule has 1 amide bonds. The van der Waals surface area contributed by atoms with Gasteiger partial charge in [0.1, 0.15) is 5.75 Å². The molecule has 0 atom stereocenters. The number of ether oxygens (including phenoxy) is 2. The first-order chi connectivity index (χ1) is 13.4. The monoisotopic (exact) mass is 381 g/mol. The van der Waals surface area contributed by atoms with Crippen LogP contribution >= 0.6 is 0 Å². The zero-order valence-corrected chi connectivity index (χ0v) is 16.1. The van der Waals surface area contributed by atoms with E-state index >= 15 is 0 Å². The van der Waals surface area contributed by atoms with E-state index in [-0.39, 0.29) is 24.2 Å². The zero-order chi connectivity index (χ0) is 20.5. The average molecular weight is 381 g/mol. The standard InChI is InChI=1S/C22H23NO5/c1-15(2)22(26)23-18-9-7-17(8-10-18)20(24)14-28-21(25)13-6-16-4-11-19(27-3)12-5-16/h4-13,15H,14H2,1-3H3,(H,23,26)/b13-6+. The Morgan fingerprint density at radius 2 is 1.64 bits per heavy atom. The molecular weight excluding hydrogens is 358 g/mol. The van der Waals surface area contributed by atoms with E-state index in [1.54, 1.807) is 75.6 Å². The summed E-state index contributed by atoms with van der Waals surface area (Å²) in [5.74, 6) is -0.443. The van der Waals surface area contributed by atoms with Crippen LogP contribution in [0, 0.1) is 5.92 Å². The molecule has 6 heteroatoms. The number of ketones is 1. The second-order valence-corrected chi connectivity index (χ2v) is 6.36. The Labute approximate surface area is 164 Å². The lowest BCUT2D eigenvalue weighted by Gasteiger charge is -2.08. The maximum Gasteiger partial charge on any atom is 0.331 e. The van der Waals surface area contributed by atoms with Gasteiger partial charge in [-0.15, -0.1) is 0 Å². The molecule has 146 valence electrons. The number of nitrogens with one attached hydrogen (secondary N) is 1. The first kappa shape index (κ1) is 20.9. The van der Waals surface area contributed by atoms with Crippen molar-refractivity contribution in [2.24, 2.45) is 5.92 Å². The summed E-state index contributed by atoms with van der Waals surface area (Å²) in [5, 5.41) is 2.74. The van der Waals surface area contributed by atoms with E-state index in [0.717, 1.165) is 11.3 Å². The highest BCUT2D eigenvalue weighted by atomic mass is 16.5. The average Bonchev–Trinajstić information content (AvgIpc) is 2.71. The van der Waals surface area contributed by atoms with Crippen molar-refractivity contribution in [2.75, 3.05) is 19.0 Å². The number of esters is 1. The first-order valence-electron chi connectivity index (χ1n) is 8.82. The number of hydrogen-bond donors (Lipinski definition) is 1. The fourth-order valence-electron chi connectivity index (χ4n) is 2.17. The van der Waals surface area contributed by atoms with Crippen molar-refractivity contribution in [3.63, 3.8) is 0 Å². The minimum absolute atomic E-state index is 0.100. The van der Waals surface area contributed by atoms with Gasteiger partial charge < -0.3 is 14.8 Å². The van der Waals surface area contributed by atoms with Gasteiger partial charge in [0.2, 0.25) is 5.91 Å². The Morgan fingerprint density at radius 3 is 2.21 bits per heavy atom. The summed E-state index contributed by atoms with van der Waals surface area (Å²) in [5.41, 5.74) is 1.81. The van der Waals surface area contributed by atoms with Crippen molar-refractivity contribution < 1.29 is 23.9 Å². The van der Waals surface area contributed by atoms with Crippen molar-refractivity contribution in [3.05, 3.63) is 65.7 Å². The molecule has 0 unspecified atom stereocenters. The van der Waals surface area contributed by atoms with Crippen LogP contribution in [0.5, 0.6) is 5.75 Å². The SMILES string of the molecule is COc1ccc(/C=C/C(=O)OCC(=O)c2ccc(NC(=O)C(C)C)cc2)cc1. The van der Waals surface area contributed by atoms with Crippen molar-refractivity contribution in [2.45, 2.75) is 13.8 Å². The summed E-state index contributed by atoms with van der Waals surface area (Å²) in [6, 6.07) is 13.6. The number of benzene rings is 2. The largest absolute Gasteiger partial charge is 0.497 e. The molecule has 0 radical (unpaired) electrons. The number of rotatable bonds is 8. The first-order valence-corrected chi connectivity index (χ1v) is 8.82. The van der Waals surface area contributed by atoms with Crippen LogP contribution in [0.4, 0.5) is 5.69 Å². The second-order valence-electron chi connectivity index (χ2n) is 6.36. The Balaban J connectivity index is 1.84. The van der Waals surface area contributed by atoms with Gasteiger partial charge in [0.25, 0.3) is 0 Å². The van der Waals surface area contributed by atoms with Crippen molar-refractivity contribution in [1.82, 2.24) is 0 Å². The molecule has 28 heavy (non-hydrogen) atoms. The molecule has 2 aromatic rings. The number of carbonyl (C=O) groups is 3. The molecule has 0 bridgehead atoms. The quantitative estimate of drug-likeness (QED) is 0.428. The van der Waals surface area contributed by atoms with Gasteiger partial charge in [0.05, 0.1) is 7.11 Å². The molecule has 6 nitrogen and oxygen atoms in total. The van der Waals surface area contributed by atoms with Crippen molar-refractivity contribution in [3.8, 4) is 5.75 Å². The summed E-state index contributed by atoms with van der Waals surface area (Å²) < 4.78 is 10.0. The van der Waals surface area contributed by atoms with Crippen LogP contribution < -0.4 is 10.1 Å². The minimum atomic E-state index is -0.606. The molecule has 0 fully saturated rings. The van der Waals surface area contributed by atoms with E-state index in [1.807, 2.05) is 0 Å². The van der Waals surface area contributed by atoms with E-state index in [0.29, 0.717) is 11.3 Å². The molecule has 1 N–H and O–H groups in total. The highest BCUT2D eigenvalue weighted by molar-refractivity contribution is 5.99. The van der Waals surface area contributed by atoms with Gasteiger partial charge in [-0.3, -0.25) is 9.59 Å². The highest BCUT2D eigenvalue weighted by Gasteiger charge is 2.10. The lowest BCUT2D eigenvalue weighted by Crippen LogP contribution is -2.18. The third-order valence-electron chi connectivity index (χ3n) is 3.87. The molecule has 2 rings (SSSR count). The Morgan fingerprint density at radius 1 is 1.00 bits per heavy atom. The predicted molar refractivity (Wildman–Crippen MR) is 107 cm³/mol. The fourth-order valence-corrected chi connectivity index (χ4v) is 2.17. The lowest BCUT2D eigenvalue weighted by molar-refractivity contribution is -0.136. The number of Topliss-reactive ketones (excluding diaryl/α,β-unsaturated/α-hetero) is 1. The van der Waals surface area contributed by atoms with Crippen LogP contribution in [-0.2, 0) is 14.3 Å². The number of carbonyl (C=O) groups excluding carboxylic acids is 3. The minimum Gasteiger partial charge on any atom is -0.497 e. The molecule has 0 spiro atoms. The van der Waals surface area contributed by atoms with E-state index < -0.39 is 5.97 Å². The summed E-state index contributed by atoms with van der Waals surface area (Å²) in [6.45, 7) is 3.23. The summed E-state index contributed by atoms with van der Waals surface area (Å²) >= 11 is 0. The van der Waals surface area contributed by atoms with Crippen LogP contribution in [0.25, 0.3) is 6.08 Å². The van der Waals surface area contributed by atoms with E-state index in [2.05, 4.69) is 5.32 Å². The van der Waals surface area contributed by atoms with Crippen molar-refractivity contribution >= 4 is 29.4 Å². The topological polar surface area (TPSA) is 81.7 Å². The van der Waals surface area contributed by atoms with Crippen LogP contribution in [0.1, 0.15) is 29.8 Å². The lowest BCUT2D eigenvalue weighted by atomic mass is 10.1. The summed E-state index contributed by atoms with van der Waals surface area (Å²) in [6.07, 6.45) is 2.86. The molecule has 0 heterocycles. The molecule has 0 aliphatic rings. The normalized spacial score (nSPS) is 10.7. The number of anilines is 1. The van der Waals surface area contributed by atoms with E-state index in [4.69, 9.17) is 9.47 Å². The Kier molecular flexibility index (Phi) is 7.51. The van der Waals surface area contributed by atoms with Gasteiger partial charge >= 0.3 is 5.97 Å². The molecular formula is C22H23NO5. The fraction of sp³-hybridized carbons (Fsp3) is 0.227. The zero-order valence-electron chi connectivity index (χ0n) is 16.1. The van der Waals surface area contributed by atoms with Gasteiger partial charge in [-0.2, -0.15) is 0 Å². The second kappa shape index (κ2) is 10.1. The summed E-state index contributed by atoms with van der Waals surface area (Å²) in [4.78, 5) is 35.6. The van der Waals surface area contributed by atoms with Crippen LogP contribution in [0.3, 0.4) is 0 Å². The van der Waals surface area contributed by atoms with Gasteiger partial charge in [-0.05, 0) is 48.0 Å². The summed E-state index contributed by atoms with van der Waals surface area (Å²) in [7, 11) is 1.58. The van der Waals surface area contributed by atoms with E-state index in [1.165, 1.54) is 6.08 Å². The van der Waals surface area contributed by atoms with Crippen LogP contribution in [0.15, 0.2) is 54.6 Å². The van der Waals surface area contributed by atoms with Crippen LogP contribution in [0.2, 0.25) is 0 Å². The van der Waals surface area contributed by atoms with Crippen LogP contribution in [-0.4, -0.2) is 31.4 Å². The highest BCUT2D eigenvalue weighted by Crippen LogP contribution is 2.13. The van der Waals surface area contributed by atoms with Crippen molar-refractivity contribution in [1.29, 1.82) is 0 Å². The number of methoxy groups -OCH3 is 1. The van der Waals surface area contributed by atoms with Gasteiger partial charge in [-0.25, -0.2) is 4.79 Å². The Hall–Kier alpha value is -3.41. The maximum absolute atomic E-state index is 12.1. The van der Waals surface area contributed by atoms with Gasteiger partial charge in [0, 0.05) is 23.2 Å². The molecule has 0 saturated carbocycles. The third-order valence-corrected chi connectivity index (χ3v) is 3.87. The maximum atomic E-state index is 12.1. The third kappa shape index (κ3) is 6.39. The number of hydrogen-bond acceptors (Lipinski definition) is 5. The number of amides is 1. The van der Waals surface area contributed by atoms with Gasteiger partial charge in [0.15, 0.2) is 12.4 Å². The molecule has 0 aromatic heterocycles. The van der Waals surface area contributed by atoms with E-state index in [9.17, 15) is 14.4 Å².